The van der Waals surface area contributed by atoms with Crippen molar-refractivity contribution in [1.29, 1.82) is 0 Å². The molecule has 0 saturated carbocycles. The lowest BCUT2D eigenvalue weighted by molar-refractivity contribution is -0.385. The summed E-state index contributed by atoms with van der Waals surface area (Å²) in [6, 6.07) is 9.37. The van der Waals surface area contributed by atoms with Crippen molar-refractivity contribution in [2.45, 2.75) is 26.5 Å². The Bertz CT molecular complexity index is 702. The van der Waals surface area contributed by atoms with Crippen molar-refractivity contribution in [3.8, 4) is 5.88 Å². The molecule has 0 radical (unpaired) electrons. The van der Waals surface area contributed by atoms with E-state index in [0.717, 1.165) is 5.56 Å². The lowest BCUT2D eigenvalue weighted by Gasteiger charge is -2.07. The quantitative estimate of drug-likeness (QED) is 0.424. The van der Waals surface area contributed by atoms with Crippen molar-refractivity contribution < 1.29 is 19.2 Å². The normalized spacial score (nSPS) is 10.3. The first kappa shape index (κ1) is 18.2. The van der Waals surface area contributed by atoms with Crippen LogP contribution < -0.4 is 10.1 Å². The Morgan fingerprint density at radius 3 is 2.80 bits per heavy atom. The number of carbonyl (C=O) groups is 1. The third-order valence-corrected chi connectivity index (χ3v) is 3.23. The van der Waals surface area contributed by atoms with E-state index in [1.165, 1.54) is 10.9 Å². The predicted octanol–water partition coefficient (Wildman–Crippen LogP) is 2.51. The molecule has 0 fully saturated rings. The van der Waals surface area contributed by atoms with Crippen molar-refractivity contribution in [3.05, 3.63) is 52.2 Å². The first-order valence-electron chi connectivity index (χ1n) is 7.89. The average Bonchev–Trinajstić information content (AvgIpc) is 3.01. The van der Waals surface area contributed by atoms with Crippen molar-refractivity contribution in [3.63, 3.8) is 0 Å². The van der Waals surface area contributed by atoms with Gasteiger partial charge in [0.15, 0.2) is 0 Å². The standard InChI is InChI=1S/C16H20N4O5/c1-2-24-15-14(20(22)23)11-19(18-15)10-6-9-17-16(21)25-12-13-7-4-3-5-8-13/h3-5,7-8,11H,2,6,9-10,12H2,1H3,(H,17,21). The van der Waals surface area contributed by atoms with Crippen LogP contribution in [0.25, 0.3) is 0 Å². The highest BCUT2D eigenvalue weighted by molar-refractivity contribution is 5.67. The lowest BCUT2D eigenvalue weighted by Crippen LogP contribution is -2.26. The fourth-order valence-corrected chi connectivity index (χ4v) is 2.08. The molecule has 1 N–H and O–H groups in total. The monoisotopic (exact) mass is 348 g/mol. The van der Waals surface area contributed by atoms with Crippen molar-refractivity contribution in [2.75, 3.05) is 13.2 Å². The Labute approximate surface area is 144 Å². The van der Waals surface area contributed by atoms with E-state index >= 15 is 0 Å². The van der Waals surface area contributed by atoms with E-state index in [1.807, 2.05) is 30.3 Å². The van der Waals surface area contributed by atoms with Crippen LogP contribution in [-0.2, 0) is 17.9 Å². The number of alkyl carbamates (subject to hydrolysis) is 1. The second-order valence-corrected chi connectivity index (χ2v) is 5.11. The van der Waals surface area contributed by atoms with Gasteiger partial charge in [0.05, 0.1) is 11.5 Å². The van der Waals surface area contributed by atoms with Gasteiger partial charge < -0.3 is 14.8 Å². The van der Waals surface area contributed by atoms with Crippen LogP contribution in [0.1, 0.15) is 18.9 Å². The van der Waals surface area contributed by atoms with E-state index in [9.17, 15) is 14.9 Å². The molecule has 2 rings (SSSR count). The Hall–Kier alpha value is -3.10. The van der Waals surface area contributed by atoms with Crippen molar-refractivity contribution >= 4 is 11.8 Å². The zero-order valence-electron chi connectivity index (χ0n) is 13.9. The number of amides is 1. The number of nitro groups is 1. The number of benzene rings is 1. The Morgan fingerprint density at radius 2 is 2.12 bits per heavy atom. The van der Waals surface area contributed by atoms with E-state index in [-0.39, 0.29) is 18.2 Å². The van der Waals surface area contributed by atoms with Gasteiger partial charge in [0.25, 0.3) is 0 Å². The molecule has 9 heteroatoms. The fraction of sp³-hybridized carbons (Fsp3) is 0.375. The maximum atomic E-state index is 11.6. The van der Waals surface area contributed by atoms with Gasteiger partial charge in [-0.05, 0) is 18.9 Å². The number of aryl methyl sites for hydroxylation is 1. The van der Waals surface area contributed by atoms with Gasteiger partial charge in [-0.25, -0.2) is 4.79 Å². The fourth-order valence-electron chi connectivity index (χ4n) is 2.08. The second kappa shape index (κ2) is 9.26. The number of hydrogen-bond donors (Lipinski definition) is 1. The number of carbonyl (C=O) groups excluding carboxylic acids is 1. The van der Waals surface area contributed by atoms with Gasteiger partial charge in [-0.3, -0.25) is 14.8 Å². The summed E-state index contributed by atoms with van der Waals surface area (Å²) in [5.41, 5.74) is 0.738. The summed E-state index contributed by atoms with van der Waals surface area (Å²) in [7, 11) is 0. The predicted molar refractivity (Wildman–Crippen MR) is 89.3 cm³/mol. The van der Waals surface area contributed by atoms with Gasteiger partial charge in [0, 0.05) is 13.1 Å². The van der Waals surface area contributed by atoms with Crippen LogP contribution in [0.2, 0.25) is 0 Å². The van der Waals surface area contributed by atoms with Gasteiger partial charge in [0.1, 0.15) is 12.8 Å². The van der Waals surface area contributed by atoms with Crippen LogP contribution >= 0.6 is 0 Å². The highest BCUT2D eigenvalue weighted by Gasteiger charge is 2.20. The molecule has 134 valence electrons. The molecule has 2 aromatic rings. The topological polar surface area (TPSA) is 109 Å². The maximum absolute atomic E-state index is 11.6. The molecule has 1 heterocycles. The first-order valence-corrected chi connectivity index (χ1v) is 7.89. The first-order chi connectivity index (χ1) is 12.1. The van der Waals surface area contributed by atoms with E-state index in [0.29, 0.717) is 26.1 Å². The van der Waals surface area contributed by atoms with Crippen molar-refractivity contribution in [1.82, 2.24) is 15.1 Å². The Kier molecular flexibility index (Phi) is 6.76. The van der Waals surface area contributed by atoms with Gasteiger partial charge >= 0.3 is 17.7 Å². The molecule has 0 unspecified atom stereocenters. The lowest BCUT2D eigenvalue weighted by atomic mass is 10.2. The highest BCUT2D eigenvalue weighted by Crippen LogP contribution is 2.24. The van der Waals surface area contributed by atoms with E-state index in [1.54, 1.807) is 6.92 Å². The van der Waals surface area contributed by atoms with Crippen LogP contribution in [0.15, 0.2) is 36.5 Å². The zero-order valence-corrected chi connectivity index (χ0v) is 13.9. The summed E-state index contributed by atoms with van der Waals surface area (Å²) in [5, 5.41) is 17.6. The van der Waals surface area contributed by atoms with Crippen molar-refractivity contribution in [2.24, 2.45) is 0 Å². The Balaban J connectivity index is 1.71. The molecule has 1 aromatic carbocycles. The second-order valence-electron chi connectivity index (χ2n) is 5.11. The molecule has 0 spiro atoms. The third-order valence-electron chi connectivity index (χ3n) is 3.23. The summed E-state index contributed by atoms with van der Waals surface area (Å²) in [4.78, 5) is 22.0. The minimum atomic E-state index is -0.534. The number of hydrogen-bond acceptors (Lipinski definition) is 6. The van der Waals surface area contributed by atoms with Crippen LogP contribution in [0.4, 0.5) is 10.5 Å². The summed E-state index contributed by atoms with van der Waals surface area (Å²) in [6.45, 7) is 3.01. The molecule has 0 aliphatic heterocycles. The summed E-state index contributed by atoms with van der Waals surface area (Å²) in [6.07, 6.45) is 1.36. The molecule has 0 saturated heterocycles. The summed E-state index contributed by atoms with van der Waals surface area (Å²) >= 11 is 0. The van der Waals surface area contributed by atoms with Crippen LogP contribution in [0.5, 0.6) is 5.88 Å². The minimum Gasteiger partial charge on any atom is -0.472 e. The van der Waals surface area contributed by atoms with Gasteiger partial charge in [-0.1, -0.05) is 30.3 Å². The molecule has 9 nitrogen and oxygen atoms in total. The average molecular weight is 348 g/mol. The molecule has 0 atom stereocenters. The van der Waals surface area contributed by atoms with Crippen LogP contribution in [0.3, 0.4) is 0 Å². The molecule has 0 bridgehead atoms. The van der Waals surface area contributed by atoms with Gasteiger partial charge in [-0.2, -0.15) is 0 Å². The third kappa shape index (κ3) is 5.79. The van der Waals surface area contributed by atoms with E-state index in [2.05, 4.69) is 10.4 Å². The number of rotatable bonds is 9. The Morgan fingerprint density at radius 1 is 1.36 bits per heavy atom. The van der Waals surface area contributed by atoms with Gasteiger partial charge in [-0.15, -0.1) is 5.10 Å². The van der Waals surface area contributed by atoms with Gasteiger partial charge in [0.2, 0.25) is 0 Å². The van der Waals surface area contributed by atoms with Crippen LogP contribution in [-0.4, -0.2) is 33.9 Å². The highest BCUT2D eigenvalue weighted by atomic mass is 16.6. The molecule has 0 aliphatic carbocycles. The zero-order chi connectivity index (χ0) is 18.1. The minimum absolute atomic E-state index is 0.00253. The number of nitrogens with one attached hydrogen (secondary N) is 1. The smallest absolute Gasteiger partial charge is 0.407 e. The molecule has 1 amide bonds. The molecule has 1 aromatic heterocycles. The molecular weight excluding hydrogens is 328 g/mol. The SMILES string of the molecule is CCOc1nn(CCCNC(=O)OCc2ccccc2)cc1[N+](=O)[O-]. The van der Waals surface area contributed by atoms with Crippen LogP contribution in [0, 0.1) is 10.1 Å². The van der Waals surface area contributed by atoms with E-state index < -0.39 is 11.0 Å². The number of aromatic nitrogens is 2. The molecule has 25 heavy (non-hydrogen) atoms. The molecular formula is C16H20N4O5. The summed E-state index contributed by atoms with van der Waals surface area (Å²) < 4.78 is 11.6. The van der Waals surface area contributed by atoms with E-state index in [4.69, 9.17) is 9.47 Å². The number of nitrogens with zero attached hydrogens (tertiary/aromatic N) is 3. The maximum Gasteiger partial charge on any atom is 0.407 e. The number of ether oxygens (including phenoxy) is 2. The summed E-state index contributed by atoms with van der Waals surface area (Å²) in [5.74, 6) is 0.00253. The largest absolute Gasteiger partial charge is 0.472 e. The molecule has 0 aliphatic rings.